The van der Waals surface area contributed by atoms with Gasteiger partial charge < -0.3 is 33.8 Å². The molecule has 0 rings (SSSR count). The molecule has 19 heteroatoms. The number of hydrogen-bond acceptors (Lipinski definition) is 15. The number of aliphatic hydroxyl groups is 1. The van der Waals surface area contributed by atoms with Gasteiger partial charge in [-0.3, -0.25) is 37.3 Å². The number of unbranched alkanes of at least 4 members (excludes halogenated alkanes) is 50. The van der Waals surface area contributed by atoms with Crippen molar-refractivity contribution in [2.45, 2.75) is 445 Å². The number of carbonyl (C=O) groups is 4. The van der Waals surface area contributed by atoms with Gasteiger partial charge in [0.15, 0.2) is 12.2 Å². The highest BCUT2D eigenvalue weighted by Crippen LogP contribution is 2.45. The summed E-state index contributed by atoms with van der Waals surface area (Å²) in [7, 11) is -9.93. The first-order chi connectivity index (χ1) is 50.1. The van der Waals surface area contributed by atoms with E-state index in [-0.39, 0.29) is 25.7 Å². The maximum absolute atomic E-state index is 13.1. The topological polar surface area (TPSA) is 237 Å². The van der Waals surface area contributed by atoms with Crippen LogP contribution in [0.3, 0.4) is 0 Å². The average molecular weight is 1500 g/mol. The average Bonchev–Trinajstić information content (AvgIpc) is 0.920. The van der Waals surface area contributed by atoms with Crippen LogP contribution < -0.4 is 0 Å². The van der Waals surface area contributed by atoms with Gasteiger partial charge in [0.05, 0.1) is 26.4 Å². The third kappa shape index (κ3) is 76.1. The van der Waals surface area contributed by atoms with Gasteiger partial charge in [0.2, 0.25) is 0 Å². The van der Waals surface area contributed by atoms with Crippen LogP contribution in [-0.2, 0) is 65.4 Å². The van der Waals surface area contributed by atoms with Crippen LogP contribution in [0, 0.1) is 5.92 Å². The van der Waals surface area contributed by atoms with E-state index in [0.717, 1.165) is 115 Å². The van der Waals surface area contributed by atoms with Crippen molar-refractivity contribution in [3.63, 3.8) is 0 Å². The van der Waals surface area contributed by atoms with E-state index in [1.165, 1.54) is 231 Å². The van der Waals surface area contributed by atoms with Gasteiger partial charge in [-0.25, -0.2) is 9.13 Å². The highest BCUT2D eigenvalue weighted by atomic mass is 31.2. The second kappa shape index (κ2) is 76.3. The first kappa shape index (κ1) is 101. The zero-order chi connectivity index (χ0) is 75.5. The summed E-state index contributed by atoms with van der Waals surface area (Å²) in [6.07, 6.45) is 71.4. The fourth-order valence-electron chi connectivity index (χ4n) is 12.5. The van der Waals surface area contributed by atoms with E-state index in [9.17, 15) is 43.2 Å². The largest absolute Gasteiger partial charge is 0.472 e. The van der Waals surface area contributed by atoms with Crippen LogP contribution in [0.15, 0.2) is 24.3 Å². The summed E-state index contributed by atoms with van der Waals surface area (Å²) in [6, 6.07) is 0. The Kier molecular flexibility index (Phi) is 74.5. The van der Waals surface area contributed by atoms with E-state index < -0.39 is 97.5 Å². The first-order valence-electron chi connectivity index (χ1n) is 43.0. The van der Waals surface area contributed by atoms with Crippen molar-refractivity contribution in [2.24, 2.45) is 5.92 Å². The predicted octanol–water partition coefficient (Wildman–Crippen LogP) is 25.1. The highest BCUT2D eigenvalue weighted by Gasteiger charge is 2.30. The number of hydrogen-bond donors (Lipinski definition) is 3. The molecule has 0 aromatic carbocycles. The van der Waals surface area contributed by atoms with E-state index in [1.54, 1.807) is 0 Å². The number of aliphatic hydroxyl groups excluding tert-OH is 1. The van der Waals surface area contributed by atoms with Gasteiger partial charge in [-0.15, -0.1) is 0 Å². The molecule has 0 aliphatic rings. The molecule has 0 spiro atoms. The fourth-order valence-corrected chi connectivity index (χ4v) is 14.1. The molecule has 0 aliphatic carbocycles. The minimum atomic E-state index is -4.97. The van der Waals surface area contributed by atoms with Crippen molar-refractivity contribution in [3.8, 4) is 0 Å². The monoisotopic (exact) mass is 1500 g/mol. The van der Waals surface area contributed by atoms with Gasteiger partial charge in [-0.05, 0) is 57.3 Å². The molecule has 0 saturated heterocycles. The minimum absolute atomic E-state index is 0.102. The molecule has 0 aromatic heterocycles. The third-order valence-corrected chi connectivity index (χ3v) is 21.4. The van der Waals surface area contributed by atoms with Gasteiger partial charge >= 0.3 is 39.5 Å². The second-order valence-corrected chi connectivity index (χ2v) is 32.7. The molecule has 0 aliphatic heterocycles. The fraction of sp³-hybridized carbons (Fsp3) is 0.905. The highest BCUT2D eigenvalue weighted by molar-refractivity contribution is 7.47. The third-order valence-electron chi connectivity index (χ3n) is 19.5. The first-order valence-corrected chi connectivity index (χ1v) is 46.0. The van der Waals surface area contributed by atoms with Gasteiger partial charge in [-0.1, -0.05) is 374 Å². The van der Waals surface area contributed by atoms with Crippen LogP contribution in [0.5, 0.6) is 0 Å². The summed E-state index contributed by atoms with van der Waals surface area (Å²) < 4.78 is 68.8. The van der Waals surface area contributed by atoms with Crippen LogP contribution in [0.4, 0.5) is 0 Å². The normalized spacial score (nSPS) is 14.2. The molecule has 0 amide bonds. The Morgan fingerprint density at radius 1 is 0.311 bits per heavy atom. The molecule has 0 radical (unpaired) electrons. The molecule has 0 aromatic rings. The Hall–Kier alpha value is -2.46. The van der Waals surface area contributed by atoms with Gasteiger partial charge in [-0.2, -0.15) is 0 Å². The quantitative estimate of drug-likeness (QED) is 0.0169. The van der Waals surface area contributed by atoms with E-state index in [4.69, 9.17) is 37.0 Å². The lowest BCUT2D eigenvalue weighted by atomic mass is 9.99. The predicted molar refractivity (Wildman–Crippen MR) is 423 cm³/mol. The van der Waals surface area contributed by atoms with Gasteiger partial charge in [0.25, 0.3) is 0 Å². The van der Waals surface area contributed by atoms with E-state index in [2.05, 4.69) is 58.9 Å². The molecule has 3 N–H and O–H groups in total. The lowest BCUT2D eigenvalue weighted by Crippen LogP contribution is -2.30. The lowest BCUT2D eigenvalue weighted by molar-refractivity contribution is -0.161. The maximum Gasteiger partial charge on any atom is 0.472 e. The van der Waals surface area contributed by atoms with Crippen LogP contribution in [-0.4, -0.2) is 96.7 Å². The second-order valence-electron chi connectivity index (χ2n) is 29.8. The number of allylic oxidation sites excluding steroid dienone is 4. The van der Waals surface area contributed by atoms with Crippen LogP contribution in [0.25, 0.3) is 0 Å². The van der Waals surface area contributed by atoms with E-state index in [0.29, 0.717) is 25.7 Å². The van der Waals surface area contributed by atoms with Gasteiger partial charge in [0, 0.05) is 25.7 Å². The SMILES string of the molecule is CCCCCC/C=C\C=C/CCCCCCCC(=O)OC[C@H](COP(=O)(O)OC[C@@H](O)COP(=O)(O)OC[C@@H](COC(=O)CCCCCCCCCCCCCC)OC(=O)CCCCCCCCCCCCCCCC)OC(=O)CCCCCCCCCCCCCCCCCCCCC(C)CC. The van der Waals surface area contributed by atoms with Crippen molar-refractivity contribution in [3.05, 3.63) is 24.3 Å². The number of esters is 4. The molecule has 103 heavy (non-hydrogen) atoms. The Morgan fingerprint density at radius 2 is 0.544 bits per heavy atom. The Bertz CT molecular complexity index is 2060. The number of ether oxygens (including phenoxy) is 4. The summed E-state index contributed by atoms with van der Waals surface area (Å²) in [5.41, 5.74) is 0. The van der Waals surface area contributed by atoms with Crippen LogP contribution in [0.2, 0.25) is 0 Å². The van der Waals surface area contributed by atoms with Crippen molar-refractivity contribution in [1.29, 1.82) is 0 Å². The van der Waals surface area contributed by atoms with Crippen LogP contribution in [0.1, 0.15) is 426 Å². The van der Waals surface area contributed by atoms with Gasteiger partial charge in [0.1, 0.15) is 19.3 Å². The summed E-state index contributed by atoms with van der Waals surface area (Å²) in [5.74, 6) is -1.26. The molecule has 3 unspecified atom stereocenters. The summed E-state index contributed by atoms with van der Waals surface area (Å²) in [4.78, 5) is 73.1. The Morgan fingerprint density at radius 3 is 0.825 bits per heavy atom. The van der Waals surface area contributed by atoms with E-state index in [1.807, 2.05) is 0 Å². The summed E-state index contributed by atoms with van der Waals surface area (Å²) in [5, 5.41) is 10.7. The van der Waals surface area contributed by atoms with Crippen molar-refractivity contribution in [1.82, 2.24) is 0 Å². The number of rotatable bonds is 82. The lowest BCUT2D eigenvalue weighted by Gasteiger charge is -2.21. The zero-order valence-electron chi connectivity index (χ0n) is 66.9. The van der Waals surface area contributed by atoms with Crippen LogP contribution >= 0.6 is 15.6 Å². The standard InChI is InChI=1S/C84H160O17P2/c1-6-10-13-16-19-22-25-28-34-39-43-48-53-58-63-68-82(87)95-74-80(101-84(89)70-65-60-55-50-45-40-36-33-31-30-32-35-37-41-46-51-56-61-66-77(5)9-4)76-99-103(92,93)97-72-78(85)71-96-102(90,91)98-75-79(73-94-81(86)67-62-57-52-47-42-27-24-21-18-15-12-8-3)100-83(88)69-64-59-54-49-44-38-29-26-23-20-17-14-11-7-2/h22,25,28,34,77-80,85H,6-21,23-24,26-27,29-33,35-76H2,1-5H3,(H,90,91)(H,92,93)/b25-22-,34-28-/t77?,78-,79+,80+/m0/s1. The maximum atomic E-state index is 13.1. The van der Waals surface area contributed by atoms with Crippen molar-refractivity contribution >= 4 is 39.5 Å². The molecule has 0 bridgehead atoms. The molecule has 0 fully saturated rings. The summed E-state index contributed by atoms with van der Waals surface area (Å²) >= 11 is 0. The van der Waals surface area contributed by atoms with Crippen molar-refractivity contribution < 1.29 is 80.2 Å². The van der Waals surface area contributed by atoms with Crippen molar-refractivity contribution in [2.75, 3.05) is 39.6 Å². The number of carbonyl (C=O) groups excluding carboxylic acids is 4. The molecule has 0 saturated carbocycles. The molecular formula is C84H160O17P2. The van der Waals surface area contributed by atoms with E-state index >= 15 is 0 Å². The molecular weight excluding hydrogens is 1340 g/mol. The molecule has 17 nitrogen and oxygen atoms in total. The minimum Gasteiger partial charge on any atom is -0.462 e. The molecule has 6 atom stereocenters. The number of phosphoric acid groups is 2. The smallest absolute Gasteiger partial charge is 0.462 e. The Balaban J connectivity index is 5.26. The Labute approximate surface area is 631 Å². The summed E-state index contributed by atoms with van der Waals surface area (Å²) in [6.45, 7) is 7.35. The molecule has 0 heterocycles. The molecule has 608 valence electrons. The number of phosphoric ester groups is 2. The zero-order valence-corrected chi connectivity index (χ0v) is 68.7.